The second-order valence-electron chi connectivity index (χ2n) is 12.4. The molecule has 50 heavy (non-hydrogen) atoms. The number of rotatable bonds is 13. The molecule has 1 aliphatic rings. The number of nitrogens with zero attached hydrogens (tertiary/aromatic N) is 1. The molecule has 1 saturated heterocycles. The molecule has 3 N–H and O–H groups in total. The van der Waals surface area contributed by atoms with Crippen LogP contribution < -0.4 is 15.4 Å². The molecule has 0 saturated carbocycles. The van der Waals surface area contributed by atoms with E-state index in [2.05, 4.69) is 53.4 Å². The van der Waals surface area contributed by atoms with Crippen molar-refractivity contribution in [2.45, 2.75) is 38.1 Å². The van der Waals surface area contributed by atoms with Crippen LogP contribution in [0.1, 0.15) is 41.1 Å². The molecular weight excluding hydrogens is 626 g/mol. The summed E-state index contributed by atoms with van der Waals surface area (Å²) in [4.78, 5) is 14.9. The second-order valence-corrected chi connectivity index (χ2v) is 12.4. The van der Waals surface area contributed by atoms with E-state index in [-0.39, 0.29) is 24.8 Å². The third-order valence-corrected chi connectivity index (χ3v) is 8.53. The second kappa shape index (κ2) is 16.9. The molecule has 1 aliphatic heterocycles. The van der Waals surface area contributed by atoms with Crippen molar-refractivity contribution >= 4 is 11.7 Å². The van der Waals surface area contributed by atoms with Gasteiger partial charge in [-0.3, -0.25) is 0 Å². The monoisotopic (exact) mass is 669 g/mol. The molecule has 1 fully saturated rings. The van der Waals surface area contributed by atoms with Crippen LogP contribution in [-0.2, 0) is 22.6 Å². The van der Waals surface area contributed by atoms with Crippen LogP contribution in [0.4, 0.5) is 10.5 Å². The van der Waals surface area contributed by atoms with E-state index in [1.807, 2.05) is 109 Å². The average molecular weight is 670 g/mol. The average Bonchev–Trinajstić information content (AvgIpc) is 3.15. The van der Waals surface area contributed by atoms with Crippen molar-refractivity contribution in [2.24, 2.45) is 0 Å². The smallest absolute Gasteiger partial charge is 0.319 e. The predicted molar refractivity (Wildman–Crippen MR) is 197 cm³/mol. The van der Waals surface area contributed by atoms with E-state index in [0.717, 1.165) is 52.2 Å². The Morgan fingerprint density at radius 2 is 1.56 bits per heavy atom. The molecule has 0 bridgehead atoms. The maximum absolute atomic E-state index is 12.7. The molecule has 3 unspecified atom stereocenters. The number of carbonyl (C=O) groups is 1. The number of para-hydroxylation sites is 1. The number of amides is 2. The van der Waals surface area contributed by atoms with Gasteiger partial charge in [0.25, 0.3) is 0 Å². The van der Waals surface area contributed by atoms with Crippen molar-refractivity contribution in [3.8, 4) is 22.6 Å². The van der Waals surface area contributed by atoms with Gasteiger partial charge in [0.15, 0.2) is 6.29 Å². The molecule has 0 aromatic heterocycles. The van der Waals surface area contributed by atoms with Gasteiger partial charge in [0, 0.05) is 37.3 Å². The number of aliphatic hydroxyl groups excluding tert-OH is 1. The lowest BCUT2D eigenvalue weighted by molar-refractivity contribution is -0.252. The SMILES string of the molecule is C=CCN(C)CC1CC(c2ccc(CO)cc2)OC(c2cccc(-c3cccc(CNC(=O)Nc4ccc(Oc5ccccc5)cc4)c3)c2)O1. The Bertz CT molecular complexity index is 1850. The number of hydrogen-bond donors (Lipinski definition) is 3. The zero-order valence-corrected chi connectivity index (χ0v) is 28.2. The first-order valence-electron chi connectivity index (χ1n) is 16.8. The van der Waals surface area contributed by atoms with Crippen molar-refractivity contribution in [3.05, 3.63) is 162 Å². The molecule has 5 aromatic rings. The standard InChI is InChI=1S/C42H43N3O5/c1-3-23-45(2)28-39-26-40(32-17-15-30(29-46)16-18-32)50-41(49-39)35-12-8-11-34(25-35)33-10-7-9-31(24-33)27-43-42(47)44-36-19-21-38(22-20-36)48-37-13-5-4-6-14-37/h3-22,24-25,39-41,46H,1,23,26-29H2,2H3,(H2,43,44,47). The van der Waals surface area contributed by atoms with E-state index in [0.29, 0.717) is 24.4 Å². The normalized spacial score (nSPS) is 17.2. The summed E-state index contributed by atoms with van der Waals surface area (Å²) in [5.74, 6) is 1.44. The first-order chi connectivity index (χ1) is 24.4. The third kappa shape index (κ3) is 9.46. The van der Waals surface area contributed by atoms with E-state index < -0.39 is 6.29 Å². The minimum atomic E-state index is -0.555. The minimum absolute atomic E-state index is 0.00421. The summed E-state index contributed by atoms with van der Waals surface area (Å²) >= 11 is 0. The molecule has 8 nitrogen and oxygen atoms in total. The molecule has 2 amide bonds. The van der Waals surface area contributed by atoms with Gasteiger partial charge < -0.3 is 34.9 Å². The quantitative estimate of drug-likeness (QED) is 0.109. The lowest BCUT2D eigenvalue weighted by Gasteiger charge is -2.37. The number of carbonyl (C=O) groups excluding carboxylic acids is 1. The summed E-state index contributed by atoms with van der Waals surface area (Å²) < 4.78 is 19.0. The number of hydrogen-bond acceptors (Lipinski definition) is 6. The van der Waals surface area contributed by atoms with Crippen molar-refractivity contribution < 1.29 is 24.1 Å². The summed E-state index contributed by atoms with van der Waals surface area (Å²) in [6.07, 6.45) is 1.84. The topological polar surface area (TPSA) is 92.3 Å². The molecule has 8 heteroatoms. The number of likely N-dealkylation sites (N-methyl/N-ethyl adjacent to an activating group) is 1. The van der Waals surface area contributed by atoms with Crippen LogP contribution in [0.5, 0.6) is 11.5 Å². The lowest BCUT2D eigenvalue weighted by Crippen LogP contribution is -2.37. The van der Waals surface area contributed by atoms with Gasteiger partial charge >= 0.3 is 6.03 Å². The highest BCUT2D eigenvalue weighted by Crippen LogP contribution is 2.39. The Morgan fingerprint density at radius 3 is 2.30 bits per heavy atom. The Kier molecular flexibility index (Phi) is 11.7. The summed E-state index contributed by atoms with van der Waals surface area (Å²) in [5, 5.41) is 15.4. The first kappa shape index (κ1) is 34.6. The lowest BCUT2D eigenvalue weighted by atomic mass is 9.98. The molecule has 0 radical (unpaired) electrons. The van der Waals surface area contributed by atoms with E-state index >= 15 is 0 Å². The van der Waals surface area contributed by atoms with Crippen LogP contribution in [0.3, 0.4) is 0 Å². The van der Waals surface area contributed by atoms with Crippen molar-refractivity contribution in [1.82, 2.24) is 10.2 Å². The summed E-state index contributed by atoms with van der Waals surface area (Å²) in [7, 11) is 2.06. The summed E-state index contributed by atoms with van der Waals surface area (Å²) in [6.45, 7) is 5.75. The molecule has 256 valence electrons. The van der Waals surface area contributed by atoms with Crippen molar-refractivity contribution in [2.75, 3.05) is 25.5 Å². The van der Waals surface area contributed by atoms with Gasteiger partial charge in [-0.2, -0.15) is 0 Å². The van der Waals surface area contributed by atoms with Crippen LogP contribution in [0.2, 0.25) is 0 Å². The van der Waals surface area contributed by atoms with Gasteiger partial charge in [0.05, 0.1) is 18.8 Å². The maximum Gasteiger partial charge on any atom is 0.319 e. The van der Waals surface area contributed by atoms with Crippen LogP contribution in [0, 0.1) is 0 Å². The molecule has 1 heterocycles. The van der Waals surface area contributed by atoms with Crippen LogP contribution in [0.15, 0.2) is 140 Å². The van der Waals surface area contributed by atoms with Gasteiger partial charge in [-0.05, 0) is 83.4 Å². The molecule has 3 atom stereocenters. The number of nitrogens with one attached hydrogen (secondary N) is 2. The van der Waals surface area contributed by atoms with E-state index in [4.69, 9.17) is 14.2 Å². The number of anilines is 1. The highest BCUT2D eigenvalue weighted by molar-refractivity contribution is 5.89. The van der Waals surface area contributed by atoms with E-state index in [1.165, 1.54) is 0 Å². The Hall–Kier alpha value is -5.25. The zero-order valence-electron chi connectivity index (χ0n) is 28.2. The maximum atomic E-state index is 12.7. The van der Waals surface area contributed by atoms with Gasteiger partial charge in [0.1, 0.15) is 11.5 Å². The van der Waals surface area contributed by atoms with Gasteiger partial charge in [-0.25, -0.2) is 4.79 Å². The minimum Gasteiger partial charge on any atom is -0.457 e. The predicted octanol–water partition coefficient (Wildman–Crippen LogP) is 8.62. The fraction of sp³-hybridized carbons (Fsp3) is 0.214. The van der Waals surface area contributed by atoms with Gasteiger partial charge in [-0.1, -0.05) is 84.9 Å². The van der Waals surface area contributed by atoms with E-state index in [9.17, 15) is 9.90 Å². The van der Waals surface area contributed by atoms with Gasteiger partial charge in [-0.15, -0.1) is 6.58 Å². The molecular formula is C42H43N3O5. The Balaban J connectivity index is 1.10. The van der Waals surface area contributed by atoms with E-state index in [1.54, 1.807) is 0 Å². The Labute approximate surface area is 293 Å². The summed E-state index contributed by atoms with van der Waals surface area (Å²) in [6, 6.07) is 40.8. The molecule has 6 rings (SSSR count). The number of urea groups is 1. The van der Waals surface area contributed by atoms with Crippen LogP contribution in [0.25, 0.3) is 11.1 Å². The van der Waals surface area contributed by atoms with Crippen LogP contribution in [-0.4, -0.2) is 42.3 Å². The van der Waals surface area contributed by atoms with Crippen LogP contribution >= 0.6 is 0 Å². The summed E-state index contributed by atoms with van der Waals surface area (Å²) in [5.41, 5.74) is 6.53. The van der Waals surface area contributed by atoms with Gasteiger partial charge in [0.2, 0.25) is 0 Å². The van der Waals surface area contributed by atoms with Crippen molar-refractivity contribution in [3.63, 3.8) is 0 Å². The molecule has 0 spiro atoms. The Morgan fingerprint density at radius 1 is 0.840 bits per heavy atom. The fourth-order valence-electron chi connectivity index (χ4n) is 5.99. The number of ether oxygens (including phenoxy) is 3. The first-order valence-corrected chi connectivity index (χ1v) is 16.8. The molecule has 5 aromatic carbocycles. The number of benzene rings is 5. The highest BCUT2D eigenvalue weighted by atomic mass is 16.7. The highest BCUT2D eigenvalue weighted by Gasteiger charge is 2.32. The third-order valence-electron chi connectivity index (χ3n) is 8.53. The number of aliphatic hydroxyl groups is 1. The molecule has 0 aliphatic carbocycles. The van der Waals surface area contributed by atoms with Crippen molar-refractivity contribution in [1.29, 1.82) is 0 Å². The largest absolute Gasteiger partial charge is 0.457 e. The fourth-order valence-corrected chi connectivity index (χ4v) is 5.99. The zero-order chi connectivity index (χ0) is 34.7.